The minimum absolute atomic E-state index is 0.498. The van der Waals surface area contributed by atoms with Crippen LogP contribution in [-0.4, -0.2) is 10.9 Å². The Morgan fingerprint density at radius 3 is 2.45 bits per heavy atom. The quantitative estimate of drug-likeness (QED) is 0.604. The number of benzene rings is 2. The summed E-state index contributed by atoms with van der Waals surface area (Å²) in [5.41, 5.74) is 3.14. The lowest BCUT2D eigenvalue weighted by Crippen LogP contribution is -2.28. The first-order chi connectivity index (χ1) is 10.5. The zero-order valence-corrected chi connectivity index (χ0v) is 13.6. The maximum absolute atomic E-state index is 12.2. The lowest BCUT2D eigenvalue weighted by Gasteiger charge is -2.12. The van der Waals surface area contributed by atoms with Gasteiger partial charge in [0.1, 0.15) is 0 Å². The average Bonchev–Trinajstić information content (AvgIpc) is 2.48. The van der Waals surface area contributed by atoms with Gasteiger partial charge in [0.2, 0.25) is 0 Å². The van der Waals surface area contributed by atoms with Crippen LogP contribution in [0.2, 0.25) is 0 Å². The second-order valence-electron chi connectivity index (χ2n) is 4.64. The van der Waals surface area contributed by atoms with Crippen LogP contribution in [0, 0.1) is 6.92 Å². The molecule has 22 heavy (non-hydrogen) atoms. The molecule has 0 bridgehead atoms. The van der Waals surface area contributed by atoms with E-state index in [1.807, 2.05) is 31.2 Å². The lowest BCUT2D eigenvalue weighted by atomic mass is 10.1. The van der Waals surface area contributed by atoms with Gasteiger partial charge in [-0.2, -0.15) is 8.78 Å². The third-order valence-electron chi connectivity index (χ3n) is 3.04. The van der Waals surface area contributed by atoms with Gasteiger partial charge in [0.05, 0.1) is 0 Å². The Labute approximate surface area is 138 Å². The minimum atomic E-state index is -2.41. The Bertz CT molecular complexity index is 630. The van der Waals surface area contributed by atoms with E-state index < -0.39 is 5.76 Å². The van der Waals surface area contributed by atoms with Crippen molar-refractivity contribution in [2.24, 2.45) is 0 Å². The molecule has 0 amide bonds. The van der Waals surface area contributed by atoms with Crippen molar-refractivity contribution in [1.29, 1.82) is 0 Å². The van der Waals surface area contributed by atoms with E-state index >= 15 is 0 Å². The molecule has 0 radical (unpaired) electrons. The van der Waals surface area contributed by atoms with Crippen molar-refractivity contribution < 1.29 is 8.78 Å². The minimum Gasteiger partial charge on any atom is -0.358 e. The smallest absolute Gasteiger partial charge is 0.288 e. The monoisotopic (exact) mass is 338 g/mol. The van der Waals surface area contributed by atoms with E-state index in [-0.39, 0.29) is 0 Å². The molecule has 0 atom stereocenters. The van der Waals surface area contributed by atoms with Gasteiger partial charge >= 0.3 is 0 Å². The van der Waals surface area contributed by atoms with Crippen molar-refractivity contribution in [2.75, 3.05) is 5.32 Å². The number of hydrogen-bond donors (Lipinski definition) is 2. The molecule has 0 saturated carbocycles. The molecule has 0 saturated heterocycles. The fourth-order valence-electron chi connectivity index (χ4n) is 1.88. The maximum atomic E-state index is 12.2. The van der Waals surface area contributed by atoms with Crippen LogP contribution in [-0.2, 0) is 6.54 Å². The second-order valence-corrected chi connectivity index (χ2v) is 6.11. The topological polar surface area (TPSA) is 24.1 Å². The zero-order valence-electron chi connectivity index (χ0n) is 12.0. The average molecular weight is 338 g/mol. The number of alkyl halides is 2. The summed E-state index contributed by atoms with van der Waals surface area (Å²) in [5.74, 6) is -2.41. The Morgan fingerprint density at radius 1 is 1.14 bits per heavy atom. The second kappa shape index (κ2) is 8.10. The summed E-state index contributed by atoms with van der Waals surface area (Å²) < 4.78 is 24.5. The van der Waals surface area contributed by atoms with Gasteiger partial charge in [0.15, 0.2) is 5.11 Å². The van der Waals surface area contributed by atoms with Crippen LogP contribution in [0.5, 0.6) is 0 Å². The molecular formula is C16H16F2N2S2. The van der Waals surface area contributed by atoms with Gasteiger partial charge in [0, 0.05) is 17.1 Å². The molecular weight excluding hydrogens is 322 g/mol. The Kier molecular flexibility index (Phi) is 6.15. The van der Waals surface area contributed by atoms with Crippen molar-refractivity contribution in [3.05, 3.63) is 59.7 Å². The van der Waals surface area contributed by atoms with Gasteiger partial charge < -0.3 is 10.6 Å². The van der Waals surface area contributed by atoms with E-state index in [9.17, 15) is 8.78 Å². The van der Waals surface area contributed by atoms with Crippen LogP contribution >= 0.6 is 24.0 Å². The number of rotatable bonds is 5. The van der Waals surface area contributed by atoms with E-state index in [1.54, 1.807) is 24.3 Å². The highest BCUT2D eigenvalue weighted by Crippen LogP contribution is 2.26. The molecule has 2 nitrogen and oxygen atoms in total. The van der Waals surface area contributed by atoms with Crippen LogP contribution in [0.15, 0.2) is 53.4 Å². The molecule has 0 heterocycles. The van der Waals surface area contributed by atoms with Gasteiger partial charge in [-0.25, -0.2) is 0 Å². The molecule has 0 aromatic heterocycles. The molecule has 2 rings (SSSR count). The molecule has 2 aromatic rings. The summed E-state index contributed by atoms with van der Waals surface area (Å²) >= 11 is 5.76. The number of hydrogen-bond acceptors (Lipinski definition) is 2. The zero-order chi connectivity index (χ0) is 15.9. The van der Waals surface area contributed by atoms with Gasteiger partial charge in [-0.1, -0.05) is 36.0 Å². The van der Waals surface area contributed by atoms with E-state index in [4.69, 9.17) is 12.2 Å². The Balaban J connectivity index is 1.85. The van der Waals surface area contributed by atoms with Crippen LogP contribution in [0.4, 0.5) is 14.5 Å². The summed E-state index contributed by atoms with van der Waals surface area (Å²) in [5, 5.41) is 6.66. The molecule has 6 heteroatoms. The summed E-state index contributed by atoms with van der Waals surface area (Å²) in [6.45, 7) is 2.69. The number of halogens is 2. The molecule has 0 spiro atoms. The molecule has 0 aliphatic heterocycles. The largest absolute Gasteiger partial charge is 0.358 e. The van der Waals surface area contributed by atoms with E-state index in [0.717, 1.165) is 5.69 Å². The molecule has 116 valence electrons. The standard InChI is InChI=1S/C16H16F2N2S2/c1-11-4-2-3-5-12(11)10-19-16(21)20-13-6-8-14(9-7-13)22-15(17)18/h2-9,15H,10H2,1H3,(H2,19,20,21). The fraction of sp³-hybridized carbons (Fsp3) is 0.188. The first kappa shape index (κ1) is 16.7. The third kappa shape index (κ3) is 5.27. The van der Waals surface area contributed by atoms with Gasteiger partial charge in [-0.15, -0.1) is 0 Å². The molecule has 2 N–H and O–H groups in total. The Hall–Kier alpha value is -1.66. The lowest BCUT2D eigenvalue weighted by molar-refractivity contribution is 0.252. The van der Waals surface area contributed by atoms with Crippen LogP contribution in [0.1, 0.15) is 11.1 Å². The van der Waals surface area contributed by atoms with Gasteiger partial charge in [-0.05, 0) is 54.5 Å². The van der Waals surface area contributed by atoms with E-state index in [2.05, 4.69) is 10.6 Å². The molecule has 2 aromatic carbocycles. The molecule has 0 fully saturated rings. The van der Waals surface area contributed by atoms with E-state index in [0.29, 0.717) is 28.3 Å². The fourth-order valence-corrected chi connectivity index (χ4v) is 2.57. The summed E-state index contributed by atoms with van der Waals surface area (Å²) in [7, 11) is 0. The van der Waals surface area contributed by atoms with Crippen LogP contribution < -0.4 is 10.6 Å². The molecule has 0 unspecified atom stereocenters. The first-order valence-electron chi connectivity index (χ1n) is 6.69. The van der Waals surface area contributed by atoms with E-state index in [1.165, 1.54) is 11.1 Å². The maximum Gasteiger partial charge on any atom is 0.288 e. The summed E-state index contributed by atoms with van der Waals surface area (Å²) in [4.78, 5) is 0.527. The van der Waals surface area contributed by atoms with Gasteiger partial charge in [-0.3, -0.25) is 0 Å². The predicted octanol–water partition coefficient (Wildman–Crippen LogP) is 4.80. The van der Waals surface area contributed by atoms with Crippen molar-refractivity contribution in [3.8, 4) is 0 Å². The van der Waals surface area contributed by atoms with Crippen molar-refractivity contribution >= 4 is 34.8 Å². The number of nitrogens with one attached hydrogen (secondary N) is 2. The molecule has 0 aliphatic rings. The highest BCUT2D eigenvalue weighted by molar-refractivity contribution is 7.99. The van der Waals surface area contributed by atoms with Crippen LogP contribution in [0.25, 0.3) is 0 Å². The SMILES string of the molecule is Cc1ccccc1CNC(=S)Nc1ccc(SC(F)F)cc1. The Morgan fingerprint density at radius 2 is 1.82 bits per heavy atom. The van der Waals surface area contributed by atoms with Crippen molar-refractivity contribution in [3.63, 3.8) is 0 Å². The number of anilines is 1. The normalized spacial score (nSPS) is 10.5. The highest BCUT2D eigenvalue weighted by atomic mass is 32.2. The number of thioether (sulfide) groups is 1. The van der Waals surface area contributed by atoms with Crippen molar-refractivity contribution in [2.45, 2.75) is 24.1 Å². The summed E-state index contributed by atoms with van der Waals surface area (Å²) in [6.07, 6.45) is 0. The summed E-state index contributed by atoms with van der Waals surface area (Å²) in [6, 6.07) is 14.8. The first-order valence-corrected chi connectivity index (χ1v) is 7.97. The number of thiocarbonyl (C=S) groups is 1. The third-order valence-corrected chi connectivity index (χ3v) is 4.01. The van der Waals surface area contributed by atoms with Crippen molar-refractivity contribution in [1.82, 2.24) is 5.32 Å². The number of aryl methyl sites for hydroxylation is 1. The highest BCUT2D eigenvalue weighted by Gasteiger charge is 2.05. The van der Waals surface area contributed by atoms with Crippen LogP contribution in [0.3, 0.4) is 0 Å². The molecule has 0 aliphatic carbocycles. The predicted molar refractivity (Wildman–Crippen MR) is 92.5 cm³/mol. The van der Waals surface area contributed by atoms with Gasteiger partial charge in [0.25, 0.3) is 5.76 Å².